The van der Waals surface area contributed by atoms with E-state index >= 15 is 0 Å². The summed E-state index contributed by atoms with van der Waals surface area (Å²) in [4.78, 5) is 9.45. The van der Waals surface area contributed by atoms with Crippen LogP contribution in [-0.2, 0) is 15.2 Å². The molecule has 0 spiro atoms. The summed E-state index contributed by atoms with van der Waals surface area (Å²) in [7, 11) is -4.67. The van der Waals surface area contributed by atoms with Gasteiger partial charge in [0, 0.05) is 0 Å². The summed E-state index contributed by atoms with van der Waals surface area (Å²) >= 11 is 0. The van der Waals surface area contributed by atoms with E-state index in [1.807, 2.05) is 0 Å². The number of aliphatic hydroxyl groups is 1. The minimum Gasteiger partial charge on any atom is 0.316 e. The predicted octanol–water partition coefficient (Wildman–Crippen LogP) is -3.03. The number of hydrogen-bond acceptors (Lipinski definition) is 4. The minimum absolute atomic E-state index is 0. The summed E-state index contributed by atoms with van der Waals surface area (Å²) in [6, 6.07) is 0. The second-order valence-electron chi connectivity index (χ2n) is 1.46. The zero-order chi connectivity index (χ0) is 9.65. The average Bonchev–Trinajstić information content (AvgIpc) is 1.59. The molecule has 0 aromatic rings. The van der Waals surface area contributed by atoms with Crippen molar-refractivity contribution in [3.63, 3.8) is 0 Å². The van der Waals surface area contributed by atoms with Gasteiger partial charge in [-0.15, -0.1) is 0 Å². The summed E-state index contributed by atoms with van der Waals surface area (Å²) in [6.45, 7) is 1.20. The Morgan fingerprint density at radius 2 is 1.38 bits per heavy atom. The van der Waals surface area contributed by atoms with Crippen LogP contribution in [0.3, 0.4) is 0 Å². The molecule has 0 aromatic carbocycles. The molecule has 0 rings (SSSR count). The fourth-order valence-corrected chi connectivity index (χ4v) is 0. The van der Waals surface area contributed by atoms with Crippen molar-refractivity contribution >= 4 is 77.2 Å². The van der Waals surface area contributed by atoms with E-state index in [-0.39, 0.29) is 60.8 Å². The van der Waals surface area contributed by atoms with E-state index in [1.54, 1.807) is 0 Å². The van der Waals surface area contributed by atoms with Gasteiger partial charge < -0.3 is 10.2 Å². The van der Waals surface area contributed by atoms with Gasteiger partial charge in [0.2, 0.25) is 0 Å². The monoisotopic (exact) mass is 256 g/mol. The predicted molar refractivity (Wildman–Crippen MR) is 50.6 cm³/mol. The Hall–Kier alpha value is 1.33. The van der Waals surface area contributed by atoms with Crippen molar-refractivity contribution in [3.8, 4) is 0 Å². The summed E-state index contributed by atoms with van der Waals surface area (Å²) in [5.41, 5.74) is 0. The normalized spacial score (nSPS) is 10.8. The van der Waals surface area contributed by atoms with Crippen LogP contribution < -0.4 is 0 Å². The zero-order valence-corrected chi connectivity index (χ0v) is 6.32. The van der Waals surface area contributed by atoms with E-state index < -0.39 is 22.5 Å². The van der Waals surface area contributed by atoms with Gasteiger partial charge in [0.25, 0.3) is 0 Å². The Labute approximate surface area is 121 Å². The molecule has 1 atom stereocenters. The topological polar surface area (TPSA) is 132 Å². The van der Waals surface area contributed by atoms with E-state index in [0.29, 0.717) is 0 Å². The van der Waals surface area contributed by atoms with Gasteiger partial charge >= 0.3 is 77.2 Å². The minimum atomic E-state index is -4.67. The maximum atomic E-state index is 9.45. The molecule has 0 heterocycles. The molecule has 13 heavy (non-hydrogen) atoms. The van der Waals surface area contributed by atoms with Crippen molar-refractivity contribution in [1.82, 2.24) is 0 Å². The number of rotatable bonds is 1. The molecule has 0 aliphatic rings. The molecule has 7 nitrogen and oxygen atoms in total. The fraction of sp³-hybridized carbons (Fsp3) is 0.667. The molecular weight excluding hydrogens is 244 g/mol. The first-order valence-corrected chi connectivity index (χ1v) is 3.65. The average molecular weight is 257 g/mol. The summed E-state index contributed by atoms with van der Waals surface area (Å²) in [6.07, 6.45) is -1.23. The first-order chi connectivity index (χ1) is 4.64. The van der Waals surface area contributed by atoms with E-state index in [9.17, 15) is 4.79 Å². The van der Waals surface area contributed by atoms with Crippen LogP contribution in [0.4, 0.5) is 0 Å². The van der Waals surface area contributed by atoms with E-state index in [0.717, 1.165) is 0 Å². The van der Waals surface area contributed by atoms with Crippen LogP contribution in [0.5, 0.6) is 0 Å². The third-order valence-corrected chi connectivity index (χ3v) is 0.357. The quantitative estimate of drug-likeness (QED) is 0.290. The van der Waals surface area contributed by atoms with Gasteiger partial charge in [-0.1, -0.05) is 0 Å². The van der Waals surface area contributed by atoms with Gasteiger partial charge in [0.05, 0.1) is 0 Å². The van der Waals surface area contributed by atoms with Gasteiger partial charge in [-0.2, -0.15) is 8.42 Å². The maximum Gasteiger partial charge on any atom is 0.316 e. The molecule has 76 valence electrons. The molecule has 0 amide bonds. The van der Waals surface area contributed by atoms with E-state index in [2.05, 4.69) is 0 Å². The van der Waals surface area contributed by atoms with Crippen molar-refractivity contribution in [2.75, 3.05) is 0 Å². The molecule has 1 unspecified atom stereocenters. The maximum absolute atomic E-state index is 9.45. The van der Waals surface area contributed by atoms with Crippen LogP contribution in [0, 0.1) is 0 Å². The number of carboxylic acid groups (broad SMARTS) is 1. The summed E-state index contributed by atoms with van der Waals surface area (Å²) in [5, 5.41) is 15.8. The zero-order valence-electron chi connectivity index (χ0n) is 5.50. The summed E-state index contributed by atoms with van der Waals surface area (Å²) in [5.74, 6) is -1.19. The van der Waals surface area contributed by atoms with Crippen LogP contribution in [0.15, 0.2) is 0 Å². The standard InChI is InChI=1S/C3H6O3.Ca.Mg.H2O4S.4H/c1-2(4)3(5)6;;;1-5(2,3)4;;;;/h2,4H,1H3,(H,5,6);;;(H2,1,2,3,4);;;;. The van der Waals surface area contributed by atoms with Crippen molar-refractivity contribution in [1.29, 1.82) is 0 Å². The number of aliphatic carboxylic acids is 1. The van der Waals surface area contributed by atoms with Gasteiger partial charge in [-0.25, -0.2) is 4.79 Å². The Morgan fingerprint density at radius 1 is 1.31 bits per heavy atom. The molecule has 0 aliphatic heterocycles. The SMILES string of the molecule is CC(O)C(=O)O.O=S(=O)(O)O.[CaH2].[MgH2]. The number of carbonyl (C=O) groups is 1. The molecule has 0 saturated heterocycles. The number of carboxylic acids is 1. The van der Waals surface area contributed by atoms with Crippen molar-refractivity contribution < 1.29 is 32.5 Å². The Morgan fingerprint density at radius 3 is 1.38 bits per heavy atom. The second-order valence-corrected chi connectivity index (χ2v) is 2.36. The number of hydrogen-bond donors (Lipinski definition) is 4. The molecule has 0 aromatic heterocycles. The molecule has 0 saturated carbocycles. The molecule has 0 radical (unpaired) electrons. The van der Waals surface area contributed by atoms with E-state index in [1.165, 1.54) is 6.92 Å². The molecule has 0 bridgehead atoms. The Kier molecular flexibility index (Phi) is 20.9. The molecule has 0 fully saturated rings. The van der Waals surface area contributed by atoms with Crippen LogP contribution >= 0.6 is 0 Å². The molecular formula is C3H12CaMgO7S. The van der Waals surface area contributed by atoms with Crippen LogP contribution in [0.1, 0.15) is 6.92 Å². The second kappa shape index (κ2) is 11.4. The molecule has 0 aliphatic carbocycles. The van der Waals surface area contributed by atoms with Crippen LogP contribution in [0.2, 0.25) is 0 Å². The van der Waals surface area contributed by atoms with Gasteiger partial charge in [0.15, 0.2) is 0 Å². The van der Waals surface area contributed by atoms with Crippen LogP contribution in [0.25, 0.3) is 0 Å². The first kappa shape index (κ1) is 23.9. The van der Waals surface area contributed by atoms with Crippen LogP contribution in [-0.4, -0.2) is 101 Å². The van der Waals surface area contributed by atoms with Crippen molar-refractivity contribution in [3.05, 3.63) is 0 Å². The Bertz CT molecular complexity index is 204. The third kappa shape index (κ3) is 60.3. The molecule has 10 heteroatoms. The van der Waals surface area contributed by atoms with Crippen molar-refractivity contribution in [2.45, 2.75) is 13.0 Å². The molecule has 4 N–H and O–H groups in total. The summed E-state index contributed by atoms with van der Waals surface area (Å²) < 4.78 is 31.6. The van der Waals surface area contributed by atoms with Gasteiger partial charge in [-0.3, -0.25) is 9.11 Å². The van der Waals surface area contributed by atoms with Gasteiger partial charge in [-0.05, 0) is 6.92 Å². The third-order valence-electron chi connectivity index (χ3n) is 0.357. The first-order valence-electron chi connectivity index (χ1n) is 2.25. The van der Waals surface area contributed by atoms with Gasteiger partial charge in [0.1, 0.15) is 6.10 Å². The Balaban J connectivity index is -0.0000000546. The van der Waals surface area contributed by atoms with Crippen molar-refractivity contribution in [2.24, 2.45) is 0 Å². The smallest absolute Gasteiger partial charge is 0.316 e. The largest absolute Gasteiger partial charge is 0.316 e. The van der Waals surface area contributed by atoms with E-state index in [4.69, 9.17) is 27.7 Å². The number of aliphatic hydroxyl groups excluding tert-OH is 1. The fourth-order valence-electron chi connectivity index (χ4n) is 0.